The monoisotopic (exact) mass is 482 g/mol. The van der Waals surface area contributed by atoms with Gasteiger partial charge in [-0.25, -0.2) is 9.37 Å². The molecule has 1 fully saturated rings. The second-order valence-corrected chi connectivity index (χ2v) is 9.56. The minimum absolute atomic E-state index is 0.159. The molecule has 1 aliphatic rings. The Hall–Kier alpha value is -2.90. The molecule has 3 heterocycles. The van der Waals surface area contributed by atoms with Gasteiger partial charge in [-0.05, 0) is 43.2 Å². The maximum Gasteiger partial charge on any atom is 0.223 e. The average molecular weight is 483 g/mol. The second-order valence-electron chi connectivity index (χ2n) is 8.28. The van der Waals surface area contributed by atoms with Crippen molar-refractivity contribution in [1.29, 1.82) is 0 Å². The van der Waals surface area contributed by atoms with Crippen molar-refractivity contribution in [1.82, 2.24) is 14.3 Å². The SMILES string of the molecule is Cc1ccc(Cl)cc1N1CCN(C(=O)CCc2csc3nc(-c4ccccc4F)cn23)CC1. The number of piperazine rings is 1. The number of amides is 1. The van der Waals surface area contributed by atoms with Crippen LogP contribution in [0, 0.1) is 12.7 Å². The highest BCUT2D eigenvalue weighted by atomic mass is 35.5. The fourth-order valence-electron chi connectivity index (χ4n) is 4.32. The van der Waals surface area contributed by atoms with Gasteiger partial charge in [-0.3, -0.25) is 9.20 Å². The number of nitrogens with zero attached hydrogens (tertiary/aromatic N) is 4. The van der Waals surface area contributed by atoms with Crippen LogP contribution >= 0.6 is 22.9 Å². The van der Waals surface area contributed by atoms with Crippen LogP contribution in [0.25, 0.3) is 16.2 Å². The van der Waals surface area contributed by atoms with E-state index in [1.165, 1.54) is 23.0 Å². The highest BCUT2D eigenvalue weighted by Crippen LogP contribution is 2.27. The summed E-state index contributed by atoms with van der Waals surface area (Å²) in [5.74, 6) is -0.127. The molecule has 33 heavy (non-hydrogen) atoms. The first-order valence-corrected chi connectivity index (χ1v) is 12.2. The Balaban J connectivity index is 1.21. The molecule has 0 unspecified atom stereocenters. The molecule has 0 spiro atoms. The molecule has 1 amide bonds. The van der Waals surface area contributed by atoms with Gasteiger partial charge in [-0.2, -0.15) is 0 Å². The van der Waals surface area contributed by atoms with E-state index in [9.17, 15) is 9.18 Å². The van der Waals surface area contributed by atoms with E-state index in [1.807, 2.05) is 39.1 Å². The van der Waals surface area contributed by atoms with Gasteiger partial charge in [0.2, 0.25) is 5.91 Å². The summed E-state index contributed by atoms with van der Waals surface area (Å²) in [5.41, 5.74) is 4.45. The Morgan fingerprint density at radius 1 is 1.15 bits per heavy atom. The summed E-state index contributed by atoms with van der Waals surface area (Å²) >= 11 is 7.69. The van der Waals surface area contributed by atoms with Crippen molar-refractivity contribution >= 4 is 39.5 Å². The lowest BCUT2D eigenvalue weighted by Gasteiger charge is -2.37. The van der Waals surface area contributed by atoms with Crippen molar-refractivity contribution in [2.24, 2.45) is 0 Å². The number of halogens is 2. The lowest BCUT2D eigenvalue weighted by molar-refractivity contribution is -0.131. The summed E-state index contributed by atoms with van der Waals surface area (Å²) in [6, 6.07) is 12.6. The number of hydrogen-bond donors (Lipinski definition) is 0. The third kappa shape index (κ3) is 4.48. The minimum atomic E-state index is -0.285. The molecule has 0 bridgehead atoms. The molecule has 4 aromatic rings. The smallest absolute Gasteiger partial charge is 0.223 e. The zero-order valence-corrected chi connectivity index (χ0v) is 19.9. The number of hydrogen-bond acceptors (Lipinski definition) is 4. The topological polar surface area (TPSA) is 40.8 Å². The van der Waals surface area contributed by atoms with Crippen LogP contribution in [-0.4, -0.2) is 46.4 Å². The number of benzene rings is 2. The normalized spacial score (nSPS) is 14.3. The van der Waals surface area contributed by atoms with E-state index < -0.39 is 0 Å². The molecule has 5 rings (SSSR count). The third-order valence-corrected chi connectivity index (χ3v) is 7.30. The zero-order valence-electron chi connectivity index (χ0n) is 18.3. The maximum absolute atomic E-state index is 14.1. The van der Waals surface area contributed by atoms with Gasteiger partial charge in [0.05, 0.1) is 5.69 Å². The van der Waals surface area contributed by atoms with Crippen molar-refractivity contribution in [3.63, 3.8) is 0 Å². The van der Waals surface area contributed by atoms with Gasteiger partial charge in [-0.15, -0.1) is 11.3 Å². The fraction of sp³-hybridized carbons (Fsp3) is 0.280. The van der Waals surface area contributed by atoms with Gasteiger partial charge >= 0.3 is 0 Å². The molecule has 0 saturated carbocycles. The standard InChI is InChI=1S/C25H24ClFN4OS/c1-17-6-7-18(26)14-23(17)29-10-12-30(13-11-29)24(32)9-8-19-16-33-25-28-22(15-31(19)25)20-4-2-3-5-21(20)27/h2-7,14-16H,8-13H2,1H3. The van der Waals surface area contributed by atoms with Gasteiger partial charge in [0.25, 0.3) is 0 Å². The van der Waals surface area contributed by atoms with Gasteiger partial charge in [0.15, 0.2) is 4.96 Å². The lowest BCUT2D eigenvalue weighted by Crippen LogP contribution is -2.49. The van der Waals surface area contributed by atoms with Crippen LogP contribution in [0.4, 0.5) is 10.1 Å². The molecule has 5 nitrogen and oxygen atoms in total. The highest BCUT2D eigenvalue weighted by Gasteiger charge is 2.22. The number of fused-ring (bicyclic) bond motifs is 1. The molecule has 1 saturated heterocycles. The predicted octanol–water partition coefficient (Wildman–Crippen LogP) is 5.45. The molecule has 2 aromatic heterocycles. The number of aromatic nitrogens is 2. The average Bonchev–Trinajstić information content (AvgIpc) is 3.41. The van der Waals surface area contributed by atoms with E-state index in [4.69, 9.17) is 11.6 Å². The van der Waals surface area contributed by atoms with E-state index in [-0.39, 0.29) is 11.7 Å². The Morgan fingerprint density at radius 3 is 2.73 bits per heavy atom. The van der Waals surface area contributed by atoms with E-state index >= 15 is 0 Å². The predicted molar refractivity (Wildman–Crippen MR) is 132 cm³/mol. The van der Waals surface area contributed by atoms with Gasteiger partial charge in [0, 0.05) is 66.1 Å². The summed E-state index contributed by atoms with van der Waals surface area (Å²) < 4.78 is 16.1. The van der Waals surface area contributed by atoms with Crippen molar-refractivity contribution in [2.75, 3.05) is 31.1 Å². The zero-order chi connectivity index (χ0) is 22.9. The summed E-state index contributed by atoms with van der Waals surface area (Å²) in [5, 5.41) is 2.76. The highest BCUT2D eigenvalue weighted by molar-refractivity contribution is 7.15. The Morgan fingerprint density at radius 2 is 1.94 bits per heavy atom. The summed E-state index contributed by atoms with van der Waals surface area (Å²) in [6.07, 6.45) is 2.92. The molecule has 2 aromatic carbocycles. The maximum atomic E-state index is 14.1. The summed E-state index contributed by atoms with van der Waals surface area (Å²) in [4.78, 5) is 22.5. The summed E-state index contributed by atoms with van der Waals surface area (Å²) in [7, 11) is 0. The lowest BCUT2D eigenvalue weighted by atomic mass is 10.1. The van der Waals surface area contributed by atoms with Gasteiger partial charge in [0.1, 0.15) is 5.82 Å². The molecule has 1 aliphatic heterocycles. The van der Waals surface area contributed by atoms with Gasteiger partial charge < -0.3 is 9.80 Å². The Kier molecular flexibility index (Phi) is 6.08. The van der Waals surface area contributed by atoms with Crippen molar-refractivity contribution in [2.45, 2.75) is 19.8 Å². The Labute approximate surface area is 201 Å². The minimum Gasteiger partial charge on any atom is -0.368 e. The van der Waals surface area contributed by atoms with Crippen LogP contribution in [0.5, 0.6) is 0 Å². The fourth-order valence-corrected chi connectivity index (χ4v) is 5.39. The third-order valence-electron chi connectivity index (χ3n) is 6.17. The Bertz CT molecular complexity index is 1310. The van der Waals surface area contributed by atoms with E-state index in [1.54, 1.807) is 18.2 Å². The quantitative estimate of drug-likeness (QED) is 0.380. The van der Waals surface area contributed by atoms with Crippen LogP contribution in [0.1, 0.15) is 17.7 Å². The number of imidazole rings is 1. The van der Waals surface area contributed by atoms with Crippen LogP contribution in [0.15, 0.2) is 54.0 Å². The van der Waals surface area contributed by atoms with Crippen LogP contribution < -0.4 is 4.90 Å². The van der Waals surface area contributed by atoms with Crippen molar-refractivity contribution in [3.8, 4) is 11.3 Å². The first-order chi connectivity index (χ1) is 16.0. The molecule has 8 heteroatoms. The number of anilines is 1. The first kappa shape index (κ1) is 21.9. The van der Waals surface area contributed by atoms with Crippen molar-refractivity contribution < 1.29 is 9.18 Å². The molecular formula is C25H24ClFN4OS. The molecule has 0 aliphatic carbocycles. The number of carbonyl (C=O) groups excluding carboxylic acids is 1. The second kappa shape index (κ2) is 9.15. The van der Waals surface area contributed by atoms with E-state index in [0.29, 0.717) is 37.2 Å². The first-order valence-electron chi connectivity index (χ1n) is 11.0. The number of thiazole rings is 1. The van der Waals surface area contributed by atoms with Gasteiger partial charge in [-0.1, -0.05) is 29.8 Å². The van der Waals surface area contributed by atoms with Crippen LogP contribution in [0.2, 0.25) is 5.02 Å². The number of rotatable bonds is 5. The molecular weight excluding hydrogens is 459 g/mol. The van der Waals surface area contributed by atoms with Crippen LogP contribution in [0.3, 0.4) is 0 Å². The molecule has 0 radical (unpaired) electrons. The molecule has 170 valence electrons. The summed E-state index contributed by atoms with van der Waals surface area (Å²) in [6.45, 7) is 5.07. The van der Waals surface area contributed by atoms with E-state index in [2.05, 4.69) is 16.8 Å². The number of carbonyl (C=O) groups is 1. The number of aryl methyl sites for hydroxylation is 2. The molecule has 0 atom stereocenters. The largest absolute Gasteiger partial charge is 0.368 e. The molecule has 0 N–H and O–H groups in total. The van der Waals surface area contributed by atoms with Crippen molar-refractivity contribution in [3.05, 3.63) is 76.1 Å². The van der Waals surface area contributed by atoms with Crippen LogP contribution in [-0.2, 0) is 11.2 Å². The van der Waals surface area contributed by atoms with E-state index in [0.717, 1.165) is 34.5 Å².